The van der Waals surface area contributed by atoms with Crippen molar-refractivity contribution >= 4 is 21.6 Å². The maximum atomic E-state index is 13.3. The first-order valence-electron chi connectivity index (χ1n) is 10.7. The van der Waals surface area contributed by atoms with Crippen molar-refractivity contribution in [2.75, 3.05) is 44.7 Å². The molecule has 1 aliphatic rings. The van der Waals surface area contributed by atoms with Gasteiger partial charge in [0, 0.05) is 18.8 Å². The van der Waals surface area contributed by atoms with Gasteiger partial charge in [-0.25, -0.2) is 8.42 Å². The number of nitrogens with zero attached hydrogens (tertiary/aromatic N) is 2. The highest BCUT2D eigenvalue weighted by Crippen LogP contribution is 2.27. The molecule has 1 unspecified atom stereocenters. The van der Waals surface area contributed by atoms with Crippen molar-refractivity contribution in [2.24, 2.45) is 0 Å². The normalized spacial score (nSPS) is 16.3. The summed E-state index contributed by atoms with van der Waals surface area (Å²) in [5.74, 6) is -0.187. The van der Waals surface area contributed by atoms with Crippen molar-refractivity contribution in [3.8, 4) is 0 Å². The summed E-state index contributed by atoms with van der Waals surface area (Å²) in [6.45, 7) is 8.67. The average molecular weight is 446 g/mol. The minimum Gasteiger partial charge on any atom is -0.379 e. The SMILES string of the molecule is CCN(CC)C(C(=O)Nc1ccc(C)c(S(=O)(=O)N2CCOCC2)c1)c1ccccc1. The fourth-order valence-corrected chi connectivity index (χ4v) is 5.50. The van der Waals surface area contributed by atoms with Crippen molar-refractivity contribution in [1.29, 1.82) is 0 Å². The number of hydrogen-bond acceptors (Lipinski definition) is 5. The van der Waals surface area contributed by atoms with Crippen LogP contribution in [0.2, 0.25) is 0 Å². The lowest BCUT2D eigenvalue weighted by Crippen LogP contribution is -2.41. The number of nitrogens with one attached hydrogen (secondary N) is 1. The van der Waals surface area contributed by atoms with Crippen LogP contribution in [0, 0.1) is 6.92 Å². The number of morpholine rings is 1. The van der Waals surface area contributed by atoms with Crippen molar-refractivity contribution in [2.45, 2.75) is 31.7 Å². The van der Waals surface area contributed by atoms with Crippen LogP contribution < -0.4 is 5.32 Å². The summed E-state index contributed by atoms with van der Waals surface area (Å²) in [6.07, 6.45) is 0. The summed E-state index contributed by atoms with van der Waals surface area (Å²) < 4.78 is 33.0. The molecule has 0 aromatic heterocycles. The molecule has 1 saturated heterocycles. The maximum Gasteiger partial charge on any atom is 0.246 e. The number of anilines is 1. The summed E-state index contributed by atoms with van der Waals surface area (Å²) in [5.41, 5.74) is 2.01. The zero-order valence-electron chi connectivity index (χ0n) is 18.4. The molecular formula is C23H31N3O4S. The number of likely N-dealkylation sites (N-methyl/N-ethyl adjacent to an activating group) is 1. The lowest BCUT2D eigenvalue weighted by atomic mass is 10.0. The van der Waals surface area contributed by atoms with E-state index in [2.05, 4.69) is 10.2 Å². The smallest absolute Gasteiger partial charge is 0.246 e. The molecule has 1 aliphatic heterocycles. The monoisotopic (exact) mass is 445 g/mol. The highest BCUT2D eigenvalue weighted by Gasteiger charge is 2.29. The first kappa shape index (κ1) is 23.4. The number of hydrogen-bond donors (Lipinski definition) is 1. The Bertz CT molecular complexity index is 985. The maximum absolute atomic E-state index is 13.3. The van der Waals surface area contributed by atoms with Crippen LogP contribution >= 0.6 is 0 Å². The van der Waals surface area contributed by atoms with E-state index in [9.17, 15) is 13.2 Å². The second-order valence-corrected chi connectivity index (χ2v) is 9.43. The van der Waals surface area contributed by atoms with Gasteiger partial charge < -0.3 is 10.1 Å². The number of carbonyl (C=O) groups excluding carboxylic acids is 1. The molecule has 31 heavy (non-hydrogen) atoms. The van der Waals surface area contributed by atoms with Crippen molar-refractivity contribution in [3.05, 3.63) is 59.7 Å². The summed E-state index contributed by atoms with van der Waals surface area (Å²) in [4.78, 5) is 15.6. The van der Waals surface area contributed by atoms with Gasteiger partial charge >= 0.3 is 0 Å². The average Bonchev–Trinajstić information content (AvgIpc) is 2.79. The molecule has 1 N–H and O–H groups in total. The fraction of sp³-hybridized carbons (Fsp3) is 0.435. The highest BCUT2D eigenvalue weighted by molar-refractivity contribution is 7.89. The van der Waals surface area contributed by atoms with Crippen molar-refractivity contribution in [1.82, 2.24) is 9.21 Å². The number of carbonyl (C=O) groups is 1. The molecule has 0 spiro atoms. The molecule has 0 radical (unpaired) electrons. The third-order valence-corrected chi connectivity index (χ3v) is 7.63. The molecule has 168 valence electrons. The number of amides is 1. The summed E-state index contributed by atoms with van der Waals surface area (Å²) in [7, 11) is -3.66. The second kappa shape index (κ2) is 10.4. The number of ether oxygens (including phenoxy) is 1. The van der Waals surface area contributed by atoms with Crippen LogP contribution in [0.5, 0.6) is 0 Å². The first-order valence-corrected chi connectivity index (χ1v) is 12.1. The van der Waals surface area contributed by atoms with Gasteiger partial charge in [-0.05, 0) is 43.3 Å². The lowest BCUT2D eigenvalue weighted by molar-refractivity contribution is -0.121. The lowest BCUT2D eigenvalue weighted by Gasteiger charge is -2.29. The molecule has 2 aromatic rings. The van der Waals surface area contributed by atoms with Crippen LogP contribution in [0.4, 0.5) is 5.69 Å². The molecule has 0 bridgehead atoms. The van der Waals surface area contributed by atoms with Crippen LogP contribution in [0.3, 0.4) is 0 Å². The Balaban J connectivity index is 1.89. The quantitative estimate of drug-likeness (QED) is 0.676. The van der Waals surface area contributed by atoms with E-state index in [-0.39, 0.29) is 10.8 Å². The molecule has 1 atom stereocenters. The van der Waals surface area contributed by atoms with Crippen LogP contribution in [-0.2, 0) is 19.6 Å². The van der Waals surface area contributed by atoms with Crippen LogP contribution in [0.25, 0.3) is 0 Å². The van der Waals surface area contributed by atoms with E-state index in [0.717, 1.165) is 5.56 Å². The zero-order valence-corrected chi connectivity index (χ0v) is 19.2. The third-order valence-electron chi connectivity index (χ3n) is 5.58. The predicted octanol–water partition coefficient (Wildman–Crippen LogP) is 3.04. The number of sulfonamides is 1. The van der Waals surface area contributed by atoms with E-state index in [0.29, 0.717) is 50.6 Å². The van der Waals surface area contributed by atoms with Gasteiger partial charge in [-0.3, -0.25) is 9.69 Å². The van der Waals surface area contributed by atoms with Crippen LogP contribution in [-0.4, -0.2) is 62.9 Å². The number of benzene rings is 2. The van der Waals surface area contributed by atoms with Crippen LogP contribution in [0.1, 0.15) is 31.0 Å². The van der Waals surface area contributed by atoms with E-state index in [4.69, 9.17) is 4.74 Å². The highest BCUT2D eigenvalue weighted by atomic mass is 32.2. The molecule has 0 aliphatic carbocycles. The van der Waals surface area contributed by atoms with Gasteiger partial charge in [-0.15, -0.1) is 0 Å². The van der Waals surface area contributed by atoms with E-state index >= 15 is 0 Å². The van der Waals surface area contributed by atoms with Gasteiger partial charge in [0.2, 0.25) is 15.9 Å². The van der Waals surface area contributed by atoms with E-state index in [1.165, 1.54) is 4.31 Å². The summed E-state index contributed by atoms with van der Waals surface area (Å²) in [6, 6.07) is 14.2. The minimum absolute atomic E-state index is 0.187. The Kier molecular flexibility index (Phi) is 7.83. The molecule has 1 heterocycles. The Morgan fingerprint density at radius 3 is 2.35 bits per heavy atom. The third kappa shape index (κ3) is 5.33. The van der Waals surface area contributed by atoms with Crippen molar-refractivity contribution < 1.29 is 17.9 Å². The van der Waals surface area contributed by atoms with Gasteiger partial charge in [0.1, 0.15) is 6.04 Å². The predicted molar refractivity (Wildman–Crippen MR) is 121 cm³/mol. The van der Waals surface area contributed by atoms with Gasteiger partial charge in [0.25, 0.3) is 0 Å². The Morgan fingerprint density at radius 2 is 1.74 bits per heavy atom. The van der Waals surface area contributed by atoms with Crippen LogP contribution in [0.15, 0.2) is 53.4 Å². The molecule has 1 amide bonds. The largest absolute Gasteiger partial charge is 0.379 e. The Morgan fingerprint density at radius 1 is 1.10 bits per heavy atom. The molecule has 1 fully saturated rings. The minimum atomic E-state index is -3.66. The first-order chi connectivity index (χ1) is 14.9. The molecule has 8 heteroatoms. The molecule has 7 nitrogen and oxygen atoms in total. The second-order valence-electron chi connectivity index (χ2n) is 7.52. The summed E-state index contributed by atoms with van der Waals surface area (Å²) in [5, 5.41) is 2.94. The topological polar surface area (TPSA) is 79.0 Å². The molecule has 0 saturated carbocycles. The van der Waals surface area contributed by atoms with Gasteiger partial charge in [-0.1, -0.05) is 50.2 Å². The van der Waals surface area contributed by atoms with Gasteiger partial charge in [0.05, 0.1) is 18.1 Å². The molecular weight excluding hydrogens is 414 g/mol. The fourth-order valence-electron chi connectivity index (χ4n) is 3.84. The number of aryl methyl sites for hydroxylation is 1. The Labute approximate surface area is 185 Å². The summed E-state index contributed by atoms with van der Waals surface area (Å²) >= 11 is 0. The zero-order chi connectivity index (χ0) is 22.4. The number of rotatable bonds is 8. The Hall–Kier alpha value is -2.26. The van der Waals surface area contributed by atoms with E-state index < -0.39 is 16.1 Å². The molecule has 3 rings (SSSR count). The van der Waals surface area contributed by atoms with Gasteiger partial charge in [-0.2, -0.15) is 4.31 Å². The van der Waals surface area contributed by atoms with Crippen molar-refractivity contribution in [3.63, 3.8) is 0 Å². The standard InChI is InChI=1S/C23H31N3O4S/c1-4-25(5-2)22(19-9-7-6-8-10-19)23(27)24-20-12-11-18(3)21(17-20)31(28,29)26-13-15-30-16-14-26/h6-12,17,22H,4-5,13-16H2,1-3H3,(H,24,27). The van der Waals surface area contributed by atoms with E-state index in [1.54, 1.807) is 25.1 Å². The molecule has 2 aromatic carbocycles. The van der Waals surface area contributed by atoms with E-state index in [1.807, 2.05) is 44.2 Å². The van der Waals surface area contributed by atoms with Gasteiger partial charge in [0.15, 0.2) is 0 Å².